The summed E-state index contributed by atoms with van der Waals surface area (Å²) in [5, 5.41) is 11.2. The third-order valence-corrected chi connectivity index (χ3v) is 3.75. The van der Waals surface area contributed by atoms with E-state index in [1.54, 1.807) is 13.2 Å². The Balaban J connectivity index is 1.93. The van der Waals surface area contributed by atoms with Crippen LogP contribution in [0.25, 0.3) is 0 Å². The highest BCUT2D eigenvalue weighted by atomic mass is 16.5. The molecule has 0 aliphatic heterocycles. The molecule has 0 unspecified atom stereocenters. The van der Waals surface area contributed by atoms with Crippen LogP contribution in [0.15, 0.2) is 36.4 Å². The van der Waals surface area contributed by atoms with Gasteiger partial charge in [0.05, 0.1) is 13.5 Å². The molecule has 0 saturated heterocycles. The number of anilines is 2. The lowest BCUT2D eigenvalue weighted by molar-refractivity contribution is -0.115. The van der Waals surface area contributed by atoms with E-state index in [4.69, 9.17) is 4.74 Å². The van der Waals surface area contributed by atoms with Crippen molar-refractivity contribution in [3.05, 3.63) is 42.0 Å². The molecular weight excluding hydrogens is 316 g/mol. The quantitative estimate of drug-likeness (QED) is 0.757. The molecule has 0 atom stereocenters. The first-order valence-electron chi connectivity index (χ1n) is 8.67. The second-order valence-electron chi connectivity index (χ2n) is 5.84. The summed E-state index contributed by atoms with van der Waals surface area (Å²) in [6.07, 6.45) is 2.40. The van der Waals surface area contributed by atoms with E-state index >= 15 is 0 Å². The number of rotatable bonds is 9. The smallest absolute Gasteiger partial charge is 0.229 e. The molecule has 0 aliphatic carbocycles. The summed E-state index contributed by atoms with van der Waals surface area (Å²) in [5.74, 6) is 1.97. The number of hydrogen-bond donors (Lipinski definition) is 1. The van der Waals surface area contributed by atoms with Gasteiger partial charge in [0, 0.05) is 13.1 Å². The normalized spacial score (nSPS) is 10.4. The van der Waals surface area contributed by atoms with E-state index in [-0.39, 0.29) is 12.3 Å². The van der Waals surface area contributed by atoms with Crippen molar-refractivity contribution in [2.24, 2.45) is 0 Å². The summed E-state index contributed by atoms with van der Waals surface area (Å²) in [7, 11) is 1.62. The van der Waals surface area contributed by atoms with Gasteiger partial charge < -0.3 is 15.0 Å². The van der Waals surface area contributed by atoms with Gasteiger partial charge in [0.1, 0.15) is 5.75 Å². The number of nitrogens with zero attached hydrogens (tertiary/aromatic N) is 3. The van der Waals surface area contributed by atoms with Crippen LogP contribution < -0.4 is 15.0 Å². The Morgan fingerprint density at radius 2 is 1.72 bits per heavy atom. The molecule has 1 amide bonds. The SMILES string of the molecule is CCCN(CCC)c1ccc(NC(=O)Cc2ccc(OC)cc2)nn1. The second-order valence-corrected chi connectivity index (χ2v) is 5.84. The Kier molecular flexibility index (Phi) is 7.19. The van der Waals surface area contributed by atoms with Crippen molar-refractivity contribution in [3.63, 3.8) is 0 Å². The first-order chi connectivity index (χ1) is 12.2. The van der Waals surface area contributed by atoms with Gasteiger partial charge >= 0.3 is 0 Å². The van der Waals surface area contributed by atoms with Crippen molar-refractivity contribution in [2.75, 3.05) is 30.4 Å². The molecule has 6 nitrogen and oxygen atoms in total. The average Bonchev–Trinajstić information content (AvgIpc) is 2.63. The number of carbonyl (C=O) groups is 1. The van der Waals surface area contributed by atoms with Crippen LogP contribution in [-0.4, -0.2) is 36.3 Å². The Labute approximate surface area is 149 Å². The predicted octanol–water partition coefficient (Wildman–Crippen LogP) is 3.29. The number of amides is 1. The summed E-state index contributed by atoms with van der Waals surface area (Å²) in [4.78, 5) is 14.3. The van der Waals surface area contributed by atoms with Gasteiger partial charge in [-0.2, -0.15) is 0 Å². The van der Waals surface area contributed by atoms with Gasteiger partial charge in [-0.05, 0) is 42.7 Å². The van der Waals surface area contributed by atoms with Crippen LogP contribution in [0, 0.1) is 0 Å². The summed E-state index contributed by atoms with van der Waals surface area (Å²) in [6, 6.07) is 11.1. The van der Waals surface area contributed by atoms with Crippen LogP contribution in [0.3, 0.4) is 0 Å². The molecule has 2 aromatic rings. The largest absolute Gasteiger partial charge is 0.497 e. The molecule has 1 N–H and O–H groups in total. The zero-order valence-corrected chi connectivity index (χ0v) is 15.2. The second kappa shape index (κ2) is 9.61. The third kappa shape index (κ3) is 5.74. The van der Waals surface area contributed by atoms with Crippen molar-refractivity contribution >= 4 is 17.5 Å². The third-order valence-electron chi connectivity index (χ3n) is 3.75. The van der Waals surface area contributed by atoms with Crippen molar-refractivity contribution in [1.82, 2.24) is 10.2 Å². The number of hydrogen-bond acceptors (Lipinski definition) is 5. The minimum Gasteiger partial charge on any atom is -0.497 e. The molecule has 1 aromatic heterocycles. The maximum atomic E-state index is 12.1. The molecule has 0 fully saturated rings. The minimum atomic E-state index is -0.119. The van der Waals surface area contributed by atoms with Crippen molar-refractivity contribution < 1.29 is 9.53 Å². The van der Waals surface area contributed by atoms with Crippen molar-refractivity contribution in [3.8, 4) is 5.75 Å². The summed E-state index contributed by atoms with van der Waals surface area (Å²) in [5.41, 5.74) is 0.917. The standard InChI is InChI=1S/C19H26N4O2/c1-4-12-23(13-5-2)18-11-10-17(21-22-18)20-19(24)14-15-6-8-16(25-3)9-7-15/h6-11H,4-5,12-14H2,1-3H3,(H,20,21,24). The molecule has 6 heteroatoms. The van der Waals surface area contributed by atoms with Crippen LogP contribution in [0.4, 0.5) is 11.6 Å². The Morgan fingerprint density at radius 1 is 1.04 bits per heavy atom. The van der Waals surface area contributed by atoms with Gasteiger partial charge in [0.25, 0.3) is 0 Å². The maximum absolute atomic E-state index is 12.1. The number of methoxy groups -OCH3 is 1. The number of nitrogens with one attached hydrogen (secondary N) is 1. The van der Waals surface area contributed by atoms with Gasteiger partial charge in [-0.1, -0.05) is 26.0 Å². The van der Waals surface area contributed by atoms with E-state index in [0.717, 1.165) is 43.1 Å². The zero-order chi connectivity index (χ0) is 18.1. The fourth-order valence-electron chi connectivity index (χ4n) is 2.56. The van der Waals surface area contributed by atoms with Crippen molar-refractivity contribution in [1.29, 1.82) is 0 Å². The van der Waals surface area contributed by atoms with Crippen molar-refractivity contribution in [2.45, 2.75) is 33.1 Å². The molecule has 1 heterocycles. The summed E-state index contributed by atoms with van der Waals surface area (Å²) < 4.78 is 5.11. The summed E-state index contributed by atoms with van der Waals surface area (Å²) >= 11 is 0. The van der Waals surface area contributed by atoms with Crippen LogP contribution in [0.1, 0.15) is 32.3 Å². The van der Waals surface area contributed by atoms with Crippen LogP contribution >= 0.6 is 0 Å². The number of benzene rings is 1. The highest BCUT2D eigenvalue weighted by molar-refractivity contribution is 5.91. The molecule has 134 valence electrons. The van der Waals surface area contributed by atoms with Crippen LogP contribution in [0.2, 0.25) is 0 Å². The molecular formula is C19H26N4O2. The van der Waals surface area contributed by atoms with Crippen LogP contribution in [0.5, 0.6) is 5.75 Å². The van der Waals surface area contributed by atoms with Gasteiger partial charge in [-0.15, -0.1) is 10.2 Å². The number of carbonyl (C=O) groups excluding carboxylic acids is 1. The molecule has 0 radical (unpaired) electrons. The Morgan fingerprint density at radius 3 is 2.24 bits per heavy atom. The molecule has 0 spiro atoms. The molecule has 0 saturated carbocycles. The van der Waals surface area contributed by atoms with Gasteiger partial charge in [0.2, 0.25) is 5.91 Å². The molecule has 0 bridgehead atoms. The predicted molar refractivity (Wildman–Crippen MR) is 100 cm³/mol. The Hall–Kier alpha value is -2.63. The Bertz CT molecular complexity index is 650. The molecule has 2 rings (SSSR count). The lowest BCUT2D eigenvalue weighted by Crippen LogP contribution is -2.26. The number of aromatic nitrogens is 2. The average molecular weight is 342 g/mol. The molecule has 25 heavy (non-hydrogen) atoms. The minimum absolute atomic E-state index is 0.119. The van der Waals surface area contributed by atoms with E-state index in [1.165, 1.54) is 0 Å². The highest BCUT2D eigenvalue weighted by Gasteiger charge is 2.09. The summed E-state index contributed by atoms with van der Waals surface area (Å²) in [6.45, 7) is 6.19. The van der Waals surface area contributed by atoms with E-state index in [1.807, 2.05) is 30.3 Å². The monoisotopic (exact) mass is 342 g/mol. The molecule has 0 aliphatic rings. The van der Waals surface area contributed by atoms with Gasteiger partial charge in [-0.25, -0.2) is 0 Å². The van der Waals surface area contributed by atoms with E-state index in [2.05, 4.69) is 34.3 Å². The lowest BCUT2D eigenvalue weighted by atomic mass is 10.1. The first kappa shape index (κ1) is 18.7. The molecule has 1 aromatic carbocycles. The fraction of sp³-hybridized carbons (Fsp3) is 0.421. The maximum Gasteiger partial charge on any atom is 0.229 e. The fourth-order valence-corrected chi connectivity index (χ4v) is 2.56. The van der Waals surface area contributed by atoms with Crippen LogP contribution in [-0.2, 0) is 11.2 Å². The lowest BCUT2D eigenvalue weighted by Gasteiger charge is -2.21. The van der Waals surface area contributed by atoms with E-state index in [0.29, 0.717) is 5.82 Å². The zero-order valence-electron chi connectivity index (χ0n) is 15.2. The van der Waals surface area contributed by atoms with E-state index < -0.39 is 0 Å². The van der Waals surface area contributed by atoms with E-state index in [9.17, 15) is 4.79 Å². The number of ether oxygens (including phenoxy) is 1. The highest BCUT2D eigenvalue weighted by Crippen LogP contribution is 2.14. The van der Waals surface area contributed by atoms with Gasteiger partial charge in [0.15, 0.2) is 11.6 Å². The van der Waals surface area contributed by atoms with Gasteiger partial charge in [-0.3, -0.25) is 4.79 Å². The first-order valence-corrected chi connectivity index (χ1v) is 8.67. The topological polar surface area (TPSA) is 67.4 Å².